The van der Waals surface area contributed by atoms with Gasteiger partial charge < -0.3 is 14.8 Å². The number of nitrogens with one attached hydrogen (secondary N) is 1. The van der Waals surface area contributed by atoms with Gasteiger partial charge in [-0.25, -0.2) is 14.4 Å². The van der Waals surface area contributed by atoms with E-state index in [4.69, 9.17) is 21.1 Å². The SMILES string of the molecule is COCCNCc1cnc(Oc2ccc(F)cc2Cl)nc1. The molecule has 1 aromatic carbocycles. The van der Waals surface area contributed by atoms with Gasteiger partial charge in [-0.3, -0.25) is 0 Å². The minimum Gasteiger partial charge on any atom is -0.423 e. The second-order valence-corrected chi connectivity index (χ2v) is 4.63. The van der Waals surface area contributed by atoms with Gasteiger partial charge in [-0.1, -0.05) is 11.6 Å². The van der Waals surface area contributed by atoms with Crippen LogP contribution in [-0.2, 0) is 11.3 Å². The van der Waals surface area contributed by atoms with Crippen molar-refractivity contribution >= 4 is 11.6 Å². The summed E-state index contributed by atoms with van der Waals surface area (Å²) in [6, 6.07) is 4.02. The van der Waals surface area contributed by atoms with Crippen LogP contribution in [0.25, 0.3) is 0 Å². The van der Waals surface area contributed by atoms with Gasteiger partial charge in [0, 0.05) is 38.2 Å². The fraction of sp³-hybridized carbons (Fsp3) is 0.286. The highest BCUT2D eigenvalue weighted by molar-refractivity contribution is 6.32. The predicted molar refractivity (Wildman–Crippen MR) is 77.1 cm³/mol. The average Bonchev–Trinajstić information content (AvgIpc) is 2.48. The molecule has 0 amide bonds. The Morgan fingerprint density at radius 2 is 2.05 bits per heavy atom. The lowest BCUT2D eigenvalue weighted by Gasteiger charge is -2.07. The number of nitrogens with zero attached hydrogens (tertiary/aromatic N) is 2. The molecular formula is C14H15ClFN3O2. The van der Waals surface area contributed by atoms with E-state index >= 15 is 0 Å². The van der Waals surface area contributed by atoms with Crippen LogP contribution in [0, 0.1) is 5.82 Å². The van der Waals surface area contributed by atoms with Gasteiger partial charge in [-0.05, 0) is 18.2 Å². The minimum absolute atomic E-state index is 0.157. The van der Waals surface area contributed by atoms with Crippen molar-refractivity contribution < 1.29 is 13.9 Å². The van der Waals surface area contributed by atoms with Crippen molar-refractivity contribution in [3.8, 4) is 11.8 Å². The molecule has 0 saturated heterocycles. The molecule has 0 aliphatic heterocycles. The molecule has 112 valence electrons. The zero-order chi connectivity index (χ0) is 15.1. The molecule has 21 heavy (non-hydrogen) atoms. The summed E-state index contributed by atoms with van der Waals surface area (Å²) in [4.78, 5) is 8.16. The smallest absolute Gasteiger partial charge is 0.321 e. The van der Waals surface area contributed by atoms with Gasteiger partial charge in [0.05, 0.1) is 11.6 Å². The molecule has 0 aliphatic rings. The Morgan fingerprint density at radius 1 is 1.29 bits per heavy atom. The van der Waals surface area contributed by atoms with Crippen molar-refractivity contribution in [2.75, 3.05) is 20.3 Å². The minimum atomic E-state index is -0.425. The first-order chi connectivity index (χ1) is 10.2. The lowest BCUT2D eigenvalue weighted by atomic mass is 10.3. The summed E-state index contributed by atoms with van der Waals surface area (Å²) in [5, 5.41) is 3.35. The van der Waals surface area contributed by atoms with Gasteiger partial charge in [0.25, 0.3) is 0 Å². The molecule has 1 heterocycles. The van der Waals surface area contributed by atoms with Crippen molar-refractivity contribution in [3.05, 3.63) is 47.0 Å². The number of halogens is 2. The van der Waals surface area contributed by atoms with E-state index in [2.05, 4.69) is 15.3 Å². The van der Waals surface area contributed by atoms with E-state index in [0.29, 0.717) is 18.9 Å². The Balaban J connectivity index is 1.92. The summed E-state index contributed by atoms with van der Waals surface area (Å²) in [5.74, 6) is -0.116. The van der Waals surface area contributed by atoms with Crippen molar-refractivity contribution in [2.24, 2.45) is 0 Å². The Kier molecular flexibility index (Phi) is 5.86. The summed E-state index contributed by atoms with van der Waals surface area (Å²) < 4.78 is 23.3. The highest BCUT2D eigenvalue weighted by Crippen LogP contribution is 2.27. The van der Waals surface area contributed by atoms with Crippen molar-refractivity contribution in [1.82, 2.24) is 15.3 Å². The number of ether oxygens (including phenoxy) is 2. The third kappa shape index (κ3) is 4.93. The lowest BCUT2D eigenvalue weighted by Crippen LogP contribution is -2.18. The molecule has 0 fully saturated rings. The van der Waals surface area contributed by atoms with Crippen molar-refractivity contribution in [3.63, 3.8) is 0 Å². The molecule has 0 aliphatic carbocycles. The fourth-order valence-corrected chi connectivity index (χ4v) is 1.76. The number of hydrogen-bond donors (Lipinski definition) is 1. The molecule has 0 atom stereocenters. The molecule has 0 saturated carbocycles. The van der Waals surface area contributed by atoms with Crippen LogP contribution in [0.4, 0.5) is 4.39 Å². The summed E-state index contributed by atoms with van der Waals surface area (Å²) in [7, 11) is 1.65. The number of hydrogen-bond acceptors (Lipinski definition) is 5. The van der Waals surface area contributed by atoms with Crippen LogP contribution in [-0.4, -0.2) is 30.2 Å². The Morgan fingerprint density at radius 3 is 2.71 bits per heavy atom. The highest BCUT2D eigenvalue weighted by atomic mass is 35.5. The predicted octanol–water partition coefficient (Wildman–Crippen LogP) is 2.80. The van der Waals surface area contributed by atoms with Gasteiger partial charge in [-0.15, -0.1) is 0 Å². The van der Waals surface area contributed by atoms with Crippen LogP contribution in [0.5, 0.6) is 11.8 Å². The molecular weight excluding hydrogens is 297 g/mol. The third-order valence-electron chi connectivity index (χ3n) is 2.59. The Bertz CT molecular complexity index is 581. The summed E-state index contributed by atoms with van der Waals surface area (Å²) >= 11 is 5.87. The van der Waals surface area contributed by atoms with E-state index in [1.54, 1.807) is 19.5 Å². The fourth-order valence-electron chi connectivity index (χ4n) is 1.55. The first-order valence-corrected chi connectivity index (χ1v) is 6.70. The zero-order valence-electron chi connectivity index (χ0n) is 11.5. The molecule has 2 aromatic rings. The molecule has 0 bridgehead atoms. The van der Waals surface area contributed by atoms with E-state index in [1.807, 2.05) is 0 Å². The Labute approximate surface area is 127 Å². The zero-order valence-corrected chi connectivity index (χ0v) is 12.2. The average molecular weight is 312 g/mol. The van der Waals surface area contributed by atoms with E-state index in [1.165, 1.54) is 18.2 Å². The van der Waals surface area contributed by atoms with Gasteiger partial charge in [0.2, 0.25) is 0 Å². The second-order valence-electron chi connectivity index (χ2n) is 4.22. The van der Waals surface area contributed by atoms with Gasteiger partial charge in [0.1, 0.15) is 11.6 Å². The molecule has 0 spiro atoms. The quantitative estimate of drug-likeness (QED) is 0.797. The second kappa shape index (κ2) is 7.87. The van der Waals surface area contributed by atoms with Crippen LogP contribution < -0.4 is 10.1 Å². The molecule has 2 rings (SSSR count). The van der Waals surface area contributed by atoms with Gasteiger partial charge in [-0.2, -0.15) is 0 Å². The number of rotatable bonds is 7. The summed E-state index contributed by atoms with van der Waals surface area (Å²) in [6.07, 6.45) is 3.30. The third-order valence-corrected chi connectivity index (χ3v) is 2.88. The summed E-state index contributed by atoms with van der Waals surface area (Å²) in [6.45, 7) is 2.03. The van der Waals surface area contributed by atoms with Crippen LogP contribution >= 0.6 is 11.6 Å². The first kappa shape index (κ1) is 15.6. The standard InChI is InChI=1S/C14H15ClFN3O2/c1-20-5-4-17-7-10-8-18-14(19-9-10)21-13-3-2-11(16)6-12(13)15/h2-3,6,8-9,17H,4-5,7H2,1H3. The largest absolute Gasteiger partial charge is 0.423 e. The highest BCUT2D eigenvalue weighted by Gasteiger charge is 2.06. The Hall–Kier alpha value is -1.76. The normalized spacial score (nSPS) is 10.6. The first-order valence-electron chi connectivity index (χ1n) is 6.32. The molecule has 1 aromatic heterocycles. The van der Waals surface area contributed by atoms with Crippen molar-refractivity contribution in [2.45, 2.75) is 6.54 Å². The molecule has 0 unspecified atom stereocenters. The van der Waals surface area contributed by atoms with E-state index in [9.17, 15) is 4.39 Å². The van der Waals surface area contributed by atoms with Crippen molar-refractivity contribution in [1.29, 1.82) is 0 Å². The molecule has 1 N–H and O–H groups in total. The topological polar surface area (TPSA) is 56.3 Å². The van der Waals surface area contributed by atoms with E-state index < -0.39 is 5.82 Å². The number of methoxy groups -OCH3 is 1. The number of benzene rings is 1. The van der Waals surface area contributed by atoms with Crippen LogP contribution in [0.3, 0.4) is 0 Å². The van der Waals surface area contributed by atoms with E-state index in [-0.39, 0.29) is 11.0 Å². The maximum absolute atomic E-state index is 12.9. The number of aromatic nitrogens is 2. The van der Waals surface area contributed by atoms with Crippen LogP contribution in [0.1, 0.15) is 5.56 Å². The van der Waals surface area contributed by atoms with Crippen LogP contribution in [0.2, 0.25) is 5.02 Å². The maximum Gasteiger partial charge on any atom is 0.321 e. The maximum atomic E-state index is 12.9. The molecule has 7 heteroatoms. The van der Waals surface area contributed by atoms with Gasteiger partial charge in [0.15, 0.2) is 0 Å². The molecule has 5 nitrogen and oxygen atoms in total. The summed E-state index contributed by atoms with van der Waals surface area (Å²) in [5.41, 5.74) is 0.920. The monoisotopic (exact) mass is 311 g/mol. The lowest BCUT2D eigenvalue weighted by molar-refractivity contribution is 0.199. The van der Waals surface area contributed by atoms with Gasteiger partial charge >= 0.3 is 6.01 Å². The van der Waals surface area contributed by atoms with Crippen LogP contribution in [0.15, 0.2) is 30.6 Å². The van der Waals surface area contributed by atoms with E-state index in [0.717, 1.165) is 12.1 Å². The molecule has 0 radical (unpaired) electrons.